The average Bonchev–Trinajstić information content (AvgIpc) is 2.95. The molecule has 126 valence electrons. The van der Waals surface area contributed by atoms with Gasteiger partial charge in [-0.3, -0.25) is 4.79 Å². The number of methoxy groups -OCH3 is 1. The quantitative estimate of drug-likeness (QED) is 0.436. The molecular formula is C19H15NO4S. The first-order valence-corrected chi connectivity index (χ1v) is 8.30. The van der Waals surface area contributed by atoms with Gasteiger partial charge in [-0.2, -0.15) is 0 Å². The summed E-state index contributed by atoms with van der Waals surface area (Å²) in [6, 6.07) is 8.36. The highest BCUT2D eigenvalue weighted by atomic mass is 32.1. The van der Waals surface area contributed by atoms with Crippen molar-refractivity contribution < 1.29 is 19.4 Å². The number of carbonyl (C=O) groups is 2. The van der Waals surface area contributed by atoms with E-state index in [0.29, 0.717) is 15.3 Å². The summed E-state index contributed by atoms with van der Waals surface area (Å²) >= 11 is 1.25. The molecule has 1 aromatic carbocycles. The molecule has 0 aliphatic rings. The molecule has 3 aromatic rings. The number of rotatable bonds is 4. The molecule has 0 aliphatic heterocycles. The highest BCUT2D eigenvalue weighted by Crippen LogP contribution is 2.30. The van der Waals surface area contributed by atoms with Crippen LogP contribution in [0.3, 0.4) is 0 Å². The maximum absolute atomic E-state index is 12.4. The normalized spacial score (nSPS) is 11.1. The molecule has 0 aliphatic carbocycles. The summed E-state index contributed by atoms with van der Waals surface area (Å²) in [6.07, 6.45) is 4.56. The highest BCUT2D eigenvalue weighted by Gasteiger charge is 2.17. The molecular weight excluding hydrogens is 338 g/mol. The van der Waals surface area contributed by atoms with Gasteiger partial charge in [-0.05, 0) is 42.3 Å². The number of esters is 1. The number of allylic oxidation sites excluding steroid dienone is 1. The van der Waals surface area contributed by atoms with Crippen LogP contribution in [0.5, 0.6) is 5.75 Å². The number of fused-ring (bicyclic) bond motifs is 1. The maximum Gasteiger partial charge on any atom is 0.348 e. The molecule has 5 nitrogen and oxygen atoms in total. The molecule has 0 unspecified atom stereocenters. The van der Waals surface area contributed by atoms with Crippen LogP contribution in [0.25, 0.3) is 16.3 Å². The van der Waals surface area contributed by atoms with Gasteiger partial charge >= 0.3 is 5.97 Å². The monoisotopic (exact) mass is 353 g/mol. The highest BCUT2D eigenvalue weighted by molar-refractivity contribution is 7.20. The Morgan fingerprint density at radius 2 is 2.08 bits per heavy atom. The molecule has 0 amide bonds. The van der Waals surface area contributed by atoms with Crippen molar-refractivity contribution in [1.29, 1.82) is 0 Å². The molecule has 0 spiro atoms. The Kier molecular flexibility index (Phi) is 4.63. The Morgan fingerprint density at radius 1 is 1.28 bits per heavy atom. The van der Waals surface area contributed by atoms with E-state index >= 15 is 0 Å². The van der Waals surface area contributed by atoms with E-state index in [1.54, 1.807) is 36.4 Å². The Balaban J connectivity index is 1.92. The fourth-order valence-electron chi connectivity index (χ4n) is 2.42. The van der Waals surface area contributed by atoms with Gasteiger partial charge in [0.15, 0.2) is 5.78 Å². The van der Waals surface area contributed by atoms with Gasteiger partial charge in [0.05, 0.1) is 7.11 Å². The van der Waals surface area contributed by atoms with Crippen molar-refractivity contribution in [2.75, 3.05) is 7.11 Å². The molecule has 2 aromatic heterocycles. The number of phenols is 1. The van der Waals surface area contributed by atoms with Crippen LogP contribution in [0.15, 0.2) is 42.6 Å². The Morgan fingerprint density at radius 3 is 2.80 bits per heavy atom. The molecule has 6 heteroatoms. The van der Waals surface area contributed by atoms with Crippen LogP contribution in [0.4, 0.5) is 0 Å². The minimum Gasteiger partial charge on any atom is -0.508 e. The van der Waals surface area contributed by atoms with Crippen molar-refractivity contribution >= 4 is 39.4 Å². The topological polar surface area (TPSA) is 76.5 Å². The zero-order valence-electron chi connectivity index (χ0n) is 13.6. The second-order valence-corrected chi connectivity index (χ2v) is 6.42. The van der Waals surface area contributed by atoms with Gasteiger partial charge in [0, 0.05) is 17.1 Å². The van der Waals surface area contributed by atoms with Crippen molar-refractivity contribution in [3.05, 3.63) is 64.2 Å². The summed E-state index contributed by atoms with van der Waals surface area (Å²) in [7, 11) is 1.33. The van der Waals surface area contributed by atoms with Gasteiger partial charge in [0.1, 0.15) is 15.5 Å². The van der Waals surface area contributed by atoms with Crippen LogP contribution in [0.1, 0.15) is 31.2 Å². The summed E-state index contributed by atoms with van der Waals surface area (Å²) < 4.78 is 4.77. The number of aromatic nitrogens is 1. The lowest BCUT2D eigenvalue weighted by molar-refractivity contribution is 0.0605. The second-order valence-electron chi connectivity index (χ2n) is 5.42. The molecule has 0 radical (unpaired) electrons. The number of ether oxygens (including phenoxy) is 1. The Bertz CT molecular complexity index is 1000. The maximum atomic E-state index is 12.4. The third kappa shape index (κ3) is 3.44. The van der Waals surface area contributed by atoms with Crippen LogP contribution < -0.4 is 0 Å². The third-order valence-electron chi connectivity index (χ3n) is 3.75. The van der Waals surface area contributed by atoms with E-state index in [1.807, 2.05) is 6.92 Å². The lowest BCUT2D eigenvalue weighted by Crippen LogP contribution is -1.99. The number of hydrogen-bond donors (Lipinski definition) is 1. The molecule has 0 fully saturated rings. The molecule has 0 saturated heterocycles. The number of nitrogens with zero attached hydrogens (tertiary/aromatic N) is 1. The van der Waals surface area contributed by atoms with Crippen molar-refractivity contribution in [1.82, 2.24) is 4.98 Å². The molecule has 2 heterocycles. The van der Waals surface area contributed by atoms with Crippen molar-refractivity contribution in [3.63, 3.8) is 0 Å². The van der Waals surface area contributed by atoms with Crippen molar-refractivity contribution in [2.45, 2.75) is 6.92 Å². The van der Waals surface area contributed by atoms with Gasteiger partial charge in [-0.25, -0.2) is 9.78 Å². The Labute approximate surface area is 148 Å². The summed E-state index contributed by atoms with van der Waals surface area (Å²) in [5, 5.41) is 10.2. The predicted octanol–water partition coefficient (Wildman–Crippen LogP) is 3.99. The summed E-state index contributed by atoms with van der Waals surface area (Å²) in [5.41, 5.74) is 1.91. The molecule has 3 rings (SSSR count). The first-order chi connectivity index (χ1) is 12.0. The number of aryl methyl sites for hydroxylation is 1. The van der Waals surface area contributed by atoms with E-state index in [9.17, 15) is 14.7 Å². The molecule has 0 atom stereocenters. The minimum atomic E-state index is -0.405. The predicted molar refractivity (Wildman–Crippen MR) is 97.2 cm³/mol. The Hall–Kier alpha value is -2.99. The molecule has 0 saturated carbocycles. The number of aromatic hydroxyl groups is 1. The van der Waals surface area contributed by atoms with Crippen LogP contribution in [-0.2, 0) is 4.74 Å². The lowest BCUT2D eigenvalue weighted by atomic mass is 10.1. The van der Waals surface area contributed by atoms with Crippen LogP contribution in [0.2, 0.25) is 0 Å². The molecule has 25 heavy (non-hydrogen) atoms. The van der Waals surface area contributed by atoms with Crippen molar-refractivity contribution in [3.8, 4) is 5.75 Å². The van der Waals surface area contributed by atoms with E-state index in [0.717, 1.165) is 16.5 Å². The number of phenolic OH excluding ortho intramolecular Hbond substituents is 1. The van der Waals surface area contributed by atoms with Gasteiger partial charge in [-0.15, -0.1) is 11.3 Å². The number of hydrogen-bond acceptors (Lipinski definition) is 6. The zero-order valence-corrected chi connectivity index (χ0v) is 14.5. The van der Waals surface area contributed by atoms with E-state index in [-0.39, 0.29) is 11.5 Å². The molecule has 1 N–H and O–H groups in total. The van der Waals surface area contributed by atoms with E-state index < -0.39 is 5.97 Å². The van der Waals surface area contributed by atoms with Crippen LogP contribution in [-0.4, -0.2) is 29.0 Å². The first-order valence-electron chi connectivity index (χ1n) is 7.48. The van der Waals surface area contributed by atoms with E-state index in [2.05, 4.69) is 4.98 Å². The fourth-order valence-corrected chi connectivity index (χ4v) is 3.47. The third-order valence-corrected chi connectivity index (χ3v) is 4.94. The minimum absolute atomic E-state index is 0.141. The van der Waals surface area contributed by atoms with E-state index in [4.69, 9.17) is 4.74 Å². The largest absolute Gasteiger partial charge is 0.508 e. The van der Waals surface area contributed by atoms with Gasteiger partial charge in [-0.1, -0.05) is 18.2 Å². The van der Waals surface area contributed by atoms with E-state index in [1.165, 1.54) is 30.7 Å². The van der Waals surface area contributed by atoms with Crippen LogP contribution in [0, 0.1) is 6.92 Å². The SMILES string of the molecule is COC(=O)c1sc2ncc(C(=O)C=Cc3cccc(O)c3)cc2c1C. The van der Waals surface area contributed by atoms with Gasteiger partial charge < -0.3 is 9.84 Å². The number of benzene rings is 1. The van der Waals surface area contributed by atoms with Crippen LogP contribution >= 0.6 is 11.3 Å². The molecule has 0 bridgehead atoms. The van der Waals surface area contributed by atoms with Gasteiger partial charge in [0.2, 0.25) is 0 Å². The second kappa shape index (κ2) is 6.86. The smallest absolute Gasteiger partial charge is 0.348 e. The number of ketones is 1. The van der Waals surface area contributed by atoms with Crippen molar-refractivity contribution in [2.24, 2.45) is 0 Å². The summed E-state index contributed by atoms with van der Waals surface area (Å²) in [6.45, 7) is 1.81. The first kappa shape index (κ1) is 16.9. The zero-order chi connectivity index (χ0) is 18.0. The summed E-state index contributed by atoms with van der Waals surface area (Å²) in [4.78, 5) is 29.6. The lowest BCUT2D eigenvalue weighted by Gasteiger charge is -1.98. The average molecular weight is 353 g/mol. The number of carbonyl (C=O) groups excluding carboxylic acids is 2. The number of thiophene rings is 1. The number of pyridine rings is 1. The van der Waals surface area contributed by atoms with Gasteiger partial charge in [0.25, 0.3) is 0 Å². The fraction of sp³-hybridized carbons (Fsp3) is 0.105. The standard InChI is InChI=1S/C19H15NO4S/c1-11-15-9-13(10-20-18(15)25-17(11)19(23)24-2)16(22)7-6-12-4-3-5-14(21)8-12/h3-10,21H,1-2H3. The summed E-state index contributed by atoms with van der Waals surface area (Å²) in [5.74, 6) is -0.470.